The van der Waals surface area contributed by atoms with Crippen molar-refractivity contribution in [3.63, 3.8) is 0 Å². The number of fused-ring (bicyclic) bond motifs is 30. The average molecular weight is 1790 g/mol. The second kappa shape index (κ2) is 31.2. The predicted molar refractivity (Wildman–Crippen MR) is 564 cm³/mol. The van der Waals surface area contributed by atoms with E-state index in [9.17, 15) is 0 Å². The van der Waals surface area contributed by atoms with Gasteiger partial charge in [-0.1, -0.05) is 349 Å². The van der Waals surface area contributed by atoms with Crippen molar-refractivity contribution in [1.29, 1.82) is 0 Å². The highest BCUT2D eigenvalue weighted by Gasteiger charge is 2.43. The van der Waals surface area contributed by atoms with Gasteiger partial charge < -0.3 is 13.3 Å². The fourth-order valence-corrected chi connectivity index (χ4v) is 23.6. The number of thiophene rings is 2. The van der Waals surface area contributed by atoms with Gasteiger partial charge in [0, 0.05) is 129 Å². The summed E-state index contributed by atoms with van der Waals surface area (Å²) in [5.74, 6) is 3.89. The molecule has 2 aliphatic rings. The summed E-state index contributed by atoms with van der Waals surface area (Å²) in [6.45, 7) is 9.25. The molecule has 29 rings (SSSR count). The van der Waals surface area contributed by atoms with Gasteiger partial charge in [-0.3, -0.25) is 0 Å². The van der Waals surface area contributed by atoms with Crippen molar-refractivity contribution in [3.05, 3.63) is 417 Å². The normalized spacial score (nSPS) is 12.9. The lowest BCUT2D eigenvalue weighted by atomic mass is 9.79. The molecule has 0 aliphatic heterocycles. The summed E-state index contributed by atoms with van der Waals surface area (Å²) in [5.41, 5.74) is 27.3. The van der Waals surface area contributed by atoms with Crippen LogP contribution in [0.3, 0.4) is 0 Å². The van der Waals surface area contributed by atoms with Crippen molar-refractivity contribution in [2.45, 2.75) is 38.5 Å². The molecule has 0 saturated heterocycles. The SMILES string of the molecule is CC1(C)c2c(-c3ccccc3)nc(-c3cccc(-c4nc(-c5ccccc5)nc(-c5ccccc5)n4)c3)nc2-c2ccc3oc4ccccc4c3c21.CC1(C)c2ccccc2-c2c1ccc1c2sc2c(-c3ccccc3)nc(-c3ccc4sc5ccccc5c4c3)nc21.c1ccc(-c2nc(-c3ccc4c5ccccc5c5ccccc5c4c3)nc3c2oc2c3ccc3c4ccccc4oc32)cc1. The van der Waals surface area contributed by atoms with Crippen LogP contribution in [0.2, 0.25) is 0 Å². The van der Waals surface area contributed by atoms with Crippen molar-refractivity contribution >= 4 is 161 Å². The summed E-state index contributed by atoms with van der Waals surface area (Å²) >= 11 is 3.68. The number of hydrogen-bond acceptors (Lipinski definition) is 14. The molecule has 2 aliphatic carbocycles. The van der Waals surface area contributed by atoms with E-state index in [2.05, 4.69) is 295 Å². The van der Waals surface area contributed by atoms with Gasteiger partial charge in [-0.15, -0.1) is 22.7 Å². The van der Waals surface area contributed by atoms with Gasteiger partial charge in [-0.2, -0.15) is 0 Å². The van der Waals surface area contributed by atoms with Gasteiger partial charge in [0.05, 0.1) is 32.7 Å². The van der Waals surface area contributed by atoms with E-state index in [1.807, 2.05) is 150 Å². The highest BCUT2D eigenvalue weighted by molar-refractivity contribution is 7.27. The van der Waals surface area contributed by atoms with E-state index in [0.717, 1.165) is 155 Å². The Labute approximate surface area is 793 Å². The van der Waals surface area contributed by atoms with Crippen LogP contribution in [0.15, 0.2) is 408 Å². The quantitative estimate of drug-likeness (QED) is 0.126. The first kappa shape index (κ1) is 79.6. The summed E-state index contributed by atoms with van der Waals surface area (Å²) < 4.78 is 24.4. The van der Waals surface area contributed by atoms with Crippen LogP contribution in [0, 0.1) is 0 Å². The fourth-order valence-electron chi connectivity index (χ4n) is 21.2. The zero-order valence-electron chi connectivity index (χ0n) is 74.6. The molecule has 0 atom stereocenters. The first-order chi connectivity index (χ1) is 67.4. The summed E-state index contributed by atoms with van der Waals surface area (Å²) in [6, 6.07) is 137. The minimum absolute atomic E-state index is 0.0336. The maximum Gasteiger partial charge on any atom is 0.180 e. The summed E-state index contributed by atoms with van der Waals surface area (Å²) in [5, 5.41) is 16.4. The van der Waals surface area contributed by atoms with Gasteiger partial charge >= 0.3 is 0 Å². The molecule has 0 amide bonds. The number of furan rings is 3. The molecular formula is C123H77N9O3S2. The molecule has 27 aromatic rings. The Morgan fingerprint density at radius 2 is 0.657 bits per heavy atom. The zero-order valence-corrected chi connectivity index (χ0v) is 76.2. The Morgan fingerprint density at radius 3 is 1.32 bits per heavy atom. The summed E-state index contributed by atoms with van der Waals surface area (Å²) in [4.78, 5) is 46.6. The largest absolute Gasteiger partial charge is 0.456 e. The van der Waals surface area contributed by atoms with E-state index in [-0.39, 0.29) is 5.41 Å². The van der Waals surface area contributed by atoms with Crippen molar-refractivity contribution < 1.29 is 13.3 Å². The number of aromatic nitrogens is 9. The molecule has 644 valence electrons. The van der Waals surface area contributed by atoms with Gasteiger partial charge in [-0.25, -0.2) is 44.9 Å². The van der Waals surface area contributed by atoms with E-state index in [4.69, 9.17) is 58.1 Å². The molecule has 137 heavy (non-hydrogen) atoms. The number of benzene rings is 18. The van der Waals surface area contributed by atoms with Crippen LogP contribution in [-0.2, 0) is 10.8 Å². The Bertz CT molecular complexity index is 9600. The predicted octanol–water partition coefficient (Wildman–Crippen LogP) is 33.1. The molecule has 0 unspecified atom stereocenters. The van der Waals surface area contributed by atoms with Crippen LogP contribution in [0.5, 0.6) is 0 Å². The monoisotopic (exact) mass is 1790 g/mol. The molecular weight excluding hydrogens is 1720 g/mol. The number of hydrogen-bond donors (Lipinski definition) is 0. The van der Waals surface area contributed by atoms with E-state index < -0.39 is 5.41 Å². The summed E-state index contributed by atoms with van der Waals surface area (Å²) in [6.07, 6.45) is 0. The van der Waals surface area contributed by atoms with E-state index in [0.29, 0.717) is 40.3 Å². The third-order valence-electron chi connectivity index (χ3n) is 27.7. The molecule has 9 heterocycles. The van der Waals surface area contributed by atoms with Gasteiger partial charge in [-0.05, 0) is 127 Å². The summed E-state index contributed by atoms with van der Waals surface area (Å²) in [7, 11) is 0. The highest BCUT2D eigenvalue weighted by atomic mass is 32.1. The van der Waals surface area contributed by atoms with Crippen LogP contribution in [-0.4, -0.2) is 44.9 Å². The van der Waals surface area contributed by atoms with E-state index in [1.54, 1.807) is 0 Å². The zero-order chi connectivity index (χ0) is 90.9. The van der Waals surface area contributed by atoms with Gasteiger partial charge in [0.1, 0.15) is 28.0 Å². The van der Waals surface area contributed by atoms with Crippen LogP contribution >= 0.6 is 22.7 Å². The lowest BCUT2D eigenvalue weighted by molar-refractivity contribution is 0.633. The second-order valence-electron chi connectivity index (χ2n) is 36.4. The highest BCUT2D eigenvalue weighted by Crippen LogP contribution is 2.58. The molecule has 14 heteroatoms. The Morgan fingerprint density at radius 1 is 0.212 bits per heavy atom. The molecule has 9 aromatic heterocycles. The number of rotatable bonds is 9. The number of para-hydroxylation sites is 2. The third-order valence-corrected chi connectivity index (χ3v) is 30.0. The smallest absolute Gasteiger partial charge is 0.180 e. The van der Waals surface area contributed by atoms with E-state index >= 15 is 0 Å². The van der Waals surface area contributed by atoms with Gasteiger partial charge in [0.15, 0.2) is 51.7 Å². The Balaban J connectivity index is 0.000000105. The molecule has 12 nitrogen and oxygen atoms in total. The molecule has 18 aromatic carbocycles. The van der Waals surface area contributed by atoms with Gasteiger partial charge in [0.25, 0.3) is 0 Å². The van der Waals surface area contributed by atoms with Crippen molar-refractivity contribution in [2.75, 3.05) is 0 Å². The molecule has 0 spiro atoms. The lowest BCUT2D eigenvalue weighted by Crippen LogP contribution is -2.18. The van der Waals surface area contributed by atoms with Crippen LogP contribution in [0.4, 0.5) is 0 Å². The van der Waals surface area contributed by atoms with Crippen molar-refractivity contribution in [3.8, 4) is 124 Å². The Hall–Kier alpha value is -17.2. The minimum atomic E-state index is -0.394. The number of nitrogens with zero attached hydrogens (tertiary/aromatic N) is 9. The van der Waals surface area contributed by atoms with Crippen LogP contribution in [0.1, 0.15) is 49.9 Å². The third kappa shape index (κ3) is 12.8. The van der Waals surface area contributed by atoms with Gasteiger partial charge in [0.2, 0.25) is 0 Å². The van der Waals surface area contributed by atoms with E-state index in [1.165, 1.54) is 90.4 Å². The first-order valence-electron chi connectivity index (χ1n) is 46.1. The molecule has 0 fully saturated rings. The maximum absolute atomic E-state index is 6.63. The molecule has 0 radical (unpaired) electrons. The van der Waals surface area contributed by atoms with Crippen LogP contribution in [0.25, 0.3) is 263 Å². The van der Waals surface area contributed by atoms with Crippen molar-refractivity contribution in [2.24, 2.45) is 0 Å². The molecule has 0 bridgehead atoms. The van der Waals surface area contributed by atoms with Crippen LogP contribution < -0.4 is 0 Å². The first-order valence-corrected chi connectivity index (χ1v) is 47.7. The fraction of sp³-hybridized carbons (Fsp3) is 0.0488. The topological polar surface area (TPSA) is 155 Å². The molecule has 0 saturated carbocycles. The standard InChI is InChI=1S/C46H31N5O.C40H22N2O2.C37H24N2S2/c1-46(2)38-34(25-26-36-37(38)33-23-12-13-24-35(33)52-36)41-39(46)40(28-15-6-3-7-16-28)47-44(48-41)31-21-14-22-32(27-31)45-50-42(29-17-8-4-9-18-29)49-43(51-45)30-19-10-5-11-20-30;1-2-10-23(11-3-1)35-39-36(32-21-20-31-30-16-8-9-17-34(30)43-37(31)38(32)44-39)42-40(41-35)24-18-19-29-27-14-5-4-12-25(27)26-13-6-7-15-28(26)33(29)22-24;1-37(2)27-14-8-6-13-24(27)31-28(37)18-17-25-33-35(41-34(25)31)32(21-10-4-3-5-11-21)38-36(39-33)22-16-19-30-26(20-22)23-12-7-9-15-29(23)40-30/h3-27H,1-2H3;1-22H;3-20H,1-2H3. The minimum Gasteiger partial charge on any atom is -0.456 e. The van der Waals surface area contributed by atoms with Crippen molar-refractivity contribution in [1.82, 2.24) is 44.9 Å². The second-order valence-corrected chi connectivity index (χ2v) is 38.5. The lowest BCUT2D eigenvalue weighted by Gasteiger charge is -2.24. The maximum atomic E-state index is 6.63. The Kier molecular flexibility index (Phi) is 18.1. The average Bonchev–Trinajstić information content (AvgIpc) is 1.53. The molecule has 0 N–H and O–H groups in total.